The molecule has 18 heavy (non-hydrogen) atoms. The van der Waals surface area contributed by atoms with Crippen LogP contribution in [0.2, 0.25) is 0 Å². The highest BCUT2D eigenvalue weighted by molar-refractivity contribution is 5.77. The van der Waals surface area contributed by atoms with Gasteiger partial charge in [0.25, 0.3) is 0 Å². The molecule has 2 aliphatic heterocycles. The van der Waals surface area contributed by atoms with E-state index in [0.717, 1.165) is 43.9 Å². The first-order valence-electron chi connectivity index (χ1n) is 6.61. The molecule has 2 aliphatic rings. The van der Waals surface area contributed by atoms with Crippen LogP contribution in [0.1, 0.15) is 31.4 Å². The lowest BCUT2D eigenvalue weighted by Crippen LogP contribution is -2.45. The molecule has 1 N–H and O–H groups in total. The molecule has 0 saturated carbocycles. The van der Waals surface area contributed by atoms with Gasteiger partial charge in [-0.15, -0.1) is 0 Å². The van der Waals surface area contributed by atoms with Gasteiger partial charge in [-0.05, 0) is 6.42 Å². The number of cyclic esters (lactones) is 1. The van der Waals surface area contributed by atoms with Crippen LogP contribution in [0.5, 0.6) is 0 Å². The highest BCUT2D eigenvalue weighted by Crippen LogP contribution is 2.16. The van der Waals surface area contributed by atoms with Crippen LogP contribution in [0.3, 0.4) is 0 Å². The second-order valence-electron chi connectivity index (χ2n) is 4.89. The number of ether oxygens (including phenoxy) is 1. The van der Waals surface area contributed by atoms with Gasteiger partial charge in [-0.25, -0.2) is 9.67 Å². The number of nitrogens with zero attached hydrogens (tertiary/aromatic N) is 3. The van der Waals surface area contributed by atoms with E-state index in [2.05, 4.69) is 22.3 Å². The van der Waals surface area contributed by atoms with E-state index in [9.17, 15) is 4.79 Å². The van der Waals surface area contributed by atoms with Crippen LogP contribution >= 0.6 is 0 Å². The van der Waals surface area contributed by atoms with Crippen LogP contribution in [-0.2, 0) is 28.9 Å². The van der Waals surface area contributed by atoms with E-state index in [0.29, 0.717) is 12.6 Å². The molecule has 0 amide bonds. The topological polar surface area (TPSA) is 69.0 Å². The summed E-state index contributed by atoms with van der Waals surface area (Å²) < 4.78 is 6.93. The van der Waals surface area contributed by atoms with Gasteiger partial charge in [-0.3, -0.25) is 10.1 Å². The van der Waals surface area contributed by atoms with E-state index in [1.54, 1.807) is 0 Å². The lowest BCUT2D eigenvalue weighted by Gasteiger charge is -2.25. The summed E-state index contributed by atoms with van der Waals surface area (Å²) >= 11 is 0. The van der Waals surface area contributed by atoms with E-state index in [1.165, 1.54) is 0 Å². The number of hydrogen-bond acceptors (Lipinski definition) is 5. The molecule has 0 aliphatic carbocycles. The van der Waals surface area contributed by atoms with Gasteiger partial charge in [0.2, 0.25) is 0 Å². The van der Waals surface area contributed by atoms with Gasteiger partial charge in [-0.1, -0.05) is 6.92 Å². The zero-order chi connectivity index (χ0) is 12.5. The number of rotatable bonds is 3. The van der Waals surface area contributed by atoms with Gasteiger partial charge in [-0.2, -0.15) is 5.10 Å². The molecule has 6 nitrogen and oxygen atoms in total. The van der Waals surface area contributed by atoms with Crippen molar-refractivity contribution in [2.45, 2.75) is 51.2 Å². The highest BCUT2D eigenvalue weighted by Gasteiger charge is 2.30. The van der Waals surface area contributed by atoms with E-state index in [4.69, 9.17) is 4.74 Å². The number of carbonyl (C=O) groups is 1. The molecule has 98 valence electrons. The average Bonchev–Trinajstić information content (AvgIpc) is 2.95. The largest absolute Gasteiger partial charge is 0.464 e. The molecular weight excluding hydrogens is 232 g/mol. The minimum absolute atomic E-state index is 0.117. The predicted octanol–water partition coefficient (Wildman–Crippen LogP) is 0.0604. The highest BCUT2D eigenvalue weighted by atomic mass is 16.5. The maximum absolute atomic E-state index is 11.4. The molecule has 3 heterocycles. The number of aromatic nitrogens is 3. The number of esters is 1. The van der Waals surface area contributed by atoms with E-state index < -0.39 is 0 Å². The van der Waals surface area contributed by atoms with Crippen LogP contribution < -0.4 is 5.32 Å². The Kier molecular flexibility index (Phi) is 3.03. The van der Waals surface area contributed by atoms with Gasteiger partial charge in [0, 0.05) is 25.3 Å². The lowest BCUT2D eigenvalue weighted by molar-refractivity contribution is -0.139. The molecule has 3 rings (SSSR count). The van der Waals surface area contributed by atoms with Crippen molar-refractivity contribution in [2.24, 2.45) is 0 Å². The molecule has 6 heteroatoms. The van der Waals surface area contributed by atoms with Crippen molar-refractivity contribution in [3.63, 3.8) is 0 Å². The summed E-state index contributed by atoms with van der Waals surface area (Å²) in [4.78, 5) is 15.9. The quantitative estimate of drug-likeness (QED) is 0.768. The van der Waals surface area contributed by atoms with Crippen molar-refractivity contribution in [1.82, 2.24) is 20.1 Å². The van der Waals surface area contributed by atoms with Crippen LogP contribution in [0.4, 0.5) is 0 Å². The summed E-state index contributed by atoms with van der Waals surface area (Å²) in [5.74, 6) is 1.86. The summed E-state index contributed by atoms with van der Waals surface area (Å²) in [6.07, 6.45) is 3.57. The van der Waals surface area contributed by atoms with Crippen molar-refractivity contribution in [2.75, 3.05) is 6.61 Å². The molecule has 1 aromatic rings. The number of nitrogens with one attached hydrogen (secondary N) is 1. The molecule has 0 unspecified atom stereocenters. The minimum atomic E-state index is -0.134. The Hall–Kier alpha value is -1.43. The van der Waals surface area contributed by atoms with Crippen molar-refractivity contribution < 1.29 is 9.53 Å². The predicted molar refractivity (Wildman–Crippen MR) is 64.0 cm³/mol. The fourth-order valence-electron chi connectivity index (χ4n) is 2.58. The number of carbonyl (C=O) groups excluding carboxylic acids is 1. The molecule has 0 aromatic carbocycles. The Balaban J connectivity index is 1.65. The molecule has 2 atom stereocenters. The third-order valence-corrected chi connectivity index (χ3v) is 3.59. The smallest absolute Gasteiger partial charge is 0.323 e. The first kappa shape index (κ1) is 11.6. The van der Waals surface area contributed by atoms with E-state index in [-0.39, 0.29) is 12.0 Å². The number of hydrogen-bond donors (Lipinski definition) is 1. The van der Waals surface area contributed by atoms with Gasteiger partial charge in [0.1, 0.15) is 11.9 Å². The van der Waals surface area contributed by atoms with Crippen molar-refractivity contribution in [3.05, 3.63) is 11.6 Å². The lowest BCUT2D eigenvalue weighted by atomic mass is 10.1. The third-order valence-electron chi connectivity index (χ3n) is 3.59. The fourth-order valence-corrected chi connectivity index (χ4v) is 2.58. The van der Waals surface area contributed by atoms with Crippen molar-refractivity contribution in [1.29, 1.82) is 0 Å². The Labute approximate surface area is 106 Å². The zero-order valence-electron chi connectivity index (χ0n) is 10.6. The van der Waals surface area contributed by atoms with Gasteiger partial charge in [0.05, 0.1) is 13.2 Å². The maximum atomic E-state index is 11.4. The second kappa shape index (κ2) is 4.68. The molecular formula is C12H18N4O2. The normalized spacial score (nSPS) is 27.1. The Morgan fingerprint density at radius 2 is 2.39 bits per heavy atom. The Morgan fingerprint density at radius 3 is 3.11 bits per heavy atom. The average molecular weight is 250 g/mol. The molecule has 0 radical (unpaired) electrons. The first-order chi connectivity index (χ1) is 8.76. The van der Waals surface area contributed by atoms with Crippen LogP contribution in [0.25, 0.3) is 0 Å². The van der Waals surface area contributed by atoms with Gasteiger partial charge >= 0.3 is 5.97 Å². The Bertz CT molecular complexity index is 457. The number of fused-ring (bicyclic) bond motifs is 1. The monoisotopic (exact) mass is 250 g/mol. The molecule has 1 fully saturated rings. The standard InChI is InChI=1S/C12H18N4O2/c1-2-10-14-11-4-3-8(7-16(11)15-10)13-9-5-6-18-12(9)17/h8-9,13H,2-7H2,1H3/t8-,9-/m0/s1. The summed E-state index contributed by atoms with van der Waals surface area (Å²) in [6, 6.07) is 0.158. The molecule has 1 aromatic heterocycles. The molecule has 0 bridgehead atoms. The number of aryl methyl sites for hydroxylation is 2. The fraction of sp³-hybridized carbons (Fsp3) is 0.750. The second-order valence-corrected chi connectivity index (χ2v) is 4.89. The summed E-state index contributed by atoms with van der Waals surface area (Å²) in [6.45, 7) is 3.40. The van der Waals surface area contributed by atoms with Crippen LogP contribution in [0, 0.1) is 0 Å². The summed E-state index contributed by atoms with van der Waals surface area (Å²) in [5.41, 5.74) is 0. The maximum Gasteiger partial charge on any atom is 0.323 e. The van der Waals surface area contributed by atoms with Crippen LogP contribution in [0.15, 0.2) is 0 Å². The zero-order valence-corrected chi connectivity index (χ0v) is 10.6. The van der Waals surface area contributed by atoms with Crippen molar-refractivity contribution in [3.8, 4) is 0 Å². The Morgan fingerprint density at radius 1 is 1.50 bits per heavy atom. The molecule has 0 spiro atoms. The summed E-state index contributed by atoms with van der Waals surface area (Å²) in [7, 11) is 0. The third kappa shape index (κ3) is 2.12. The summed E-state index contributed by atoms with van der Waals surface area (Å²) in [5, 5.41) is 7.84. The SMILES string of the molecule is CCc1nc2n(n1)C[C@@H](N[C@H]1CCOC1=O)CC2. The first-order valence-corrected chi connectivity index (χ1v) is 6.61. The van der Waals surface area contributed by atoms with Gasteiger partial charge < -0.3 is 4.74 Å². The van der Waals surface area contributed by atoms with E-state index >= 15 is 0 Å². The van der Waals surface area contributed by atoms with Crippen molar-refractivity contribution >= 4 is 5.97 Å². The minimum Gasteiger partial charge on any atom is -0.464 e. The van der Waals surface area contributed by atoms with E-state index in [1.807, 2.05) is 4.68 Å². The van der Waals surface area contributed by atoms with Crippen LogP contribution in [-0.4, -0.2) is 39.4 Å². The molecule has 1 saturated heterocycles. The van der Waals surface area contributed by atoms with Gasteiger partial charge in [0.15, 0.2) is 5.82 Å².